The Kier molecular flexibility index (Phi) is 5.24. The van der Waals surface area contributed by atoms with Crippen LogP contribution in [0.3, 0.4) is 0 Å². The number of hydrogen-bond donors (Lipinski definition) is 0. The van der Waals surface area contributed by atoms with Crippen LogP contribution in [0, 0.1) is 0 Å². The smallest absolute Gasteiger partial charge is 0.339 e. The average Bonchev–Trinajstić information content (AvgIpc) is 3.11. The molecule has 0 saturated carbocycles. The zero-order valence-corrected chi connectivity index (χ0v) is 18.3. The molecule has 32 heavy (non-hydrogen) atoms. The second-order valence-corrected chi connectivity index (χ2v) is 8.00. The quantitative estimate of drug-likeness (QED) is 0.295. The second kappa shape index (κ2) is 8.35. The number of carbonyl (C=O) groups excluding carboxylic acids is 1. The summed E-state index contributed by atoms with van der Waals surface area (Å²) in [5, 5.41) is 2.02. The lowest BCUT2D eigenvalue weighted by molar-refractivity contribution is 0.0529. The van der Waals surface area contributed by atoms with Gasteiger partial charge in [0.15, 0.2) is 0 Å². The van der Waals surface area contributed by atoms with Crippen molar-refractivity contribution in [3.05, 3.63) is 108 Å². The lowest BCUT2D eigenvalue weighted by Crippen LogP contribution is -2.10. The number of para-hydroxylation sites is 1. The van der Waals surface area contributed by atoms with Crippen LogP contribution in [0.1, 0.15) is 28.4 Å². The fourth-order valence-corrected chi connectivity index (χ4v) is 4.66. The van der Waals surface area contributed by atoms with Gasteiger partial charge >= 0.3 is 5.97 Å². The molecule has 5 rings (SSSR count). The minimum absolute atomic E-state index is 0.275. The number of esters is 1. The molecule has 158 valence electrons. The standard InChI is InChI=1S/C29H25NO2/c1-3-32-29(31)28-26(21-14-8-5-9-15-21)22(18-20-12-6-4-7-13-20)19-25-27(28)23-16-10-11-17-24(23)30(25)2/h4-17,19H,3,18H2,1-2H3. The van der Waals surface area contributed by atoms with Gasteiger partial charge in [-0.3, -0.25) is 0 Å². The van der Waals surface area contributed by atoms with E-state index in [1.165, 1.54) is 5.56 Å². The van der Waals surface area contributed by atoms with Crippen LogP contribution in [0.4, 0.5) is 0 Å². The lowest BCUT2D eigenvalue weighted by atomic mass is 9.88. The third-order valence-corrected chi connectivity index (χ3v) is 6.06. The SMILES string of the molecule is CCOC(=O)c1c(-c2ccccc2)c(Cc2ccccc2)cc2c1c1ccccc1n2C. The molecule has 0 spiro atoms. The zero-order valence-electron chi connectivity index (χ0n) is 18.3. The van der Waals surface area contributed by atoms with Crippen LogP contribution in [-0.2, 0) is 18.2 Å². The van der Waals surface area contributed by atoms with Crippen LogP contribution < -0.4 is 0 Å². The zero-order chi connectivity index (χ0) is 22.1. The molecule has 0 aliphatic carbocycles. The van der Waals surface area contributed by atoms with Gasteiger partial charge in [0.05, 0.1) is 17.7 Å². The largest absolute Gasteiger partial charge is 0.462 e. The highest BCUT2D eigenvalue weighted by molar-refractivity contribution is 6.20. The number of rotatable bonds is 5. The van der Waals surface area contributed by atoms with Gasteiger partial charge < -0.3 is 9.30 Å². The minimum atomic E-state index is -0.275. The van der Waals surface area contributed by atoms with Crippen molar-refractivity contribution in [3.63, 3.8) is 0 Å². The molecule has 0 radical (unpaired) electrons. The monoisotopic (exact) mass is 419 g/mol. The number of fused-ring (bicyclic) bond motifs is 3. The van der Waals surface area contributed by atoms with Gasteiger partial charge in [0, 0.05) is 28.9 Å². The van der Waals surface area contributed by atoms with Crippen molar-refractivity contribution in [2.24, 2.45) is 7.05 Å². The Balaban J connectivity index is 1.92. The van der Waals surface area contributed by atoms with E-state index < -0.39 is 0 Å². The highest BCUT2D eigenvalue weighted by Gasteiger charge is 2.25. The molecule has 4 aromatic carbocycles. The summed E-state index contributed by atoms with van der Waals surface area (Å²) in [6.07, 6.45) is 0.731. The summed E-state index contributed by atoms with van der Waals surface area (Å²) in [7, 11) is 2.06. The van der Waals surface area contributed by atoms with Crippen molar-refractivity contribution in [1.29, 1.82) is 0 Å². The maximum absolute atomic E-state index is 13.5. The molecule has 0 aliphatic heterocycles. The minimum Gasteiger partial charge on any atom is -0.462 e. The summed E-state index contributed by atoms with van der Waals surface area (Å²) in [5.41, 5.74) is 7.09. The van der Waals surface area contributed by atoms with Crippen LogP contribution in [-0.4, -0.2) is 17.1 Å². The second-order valence-electron chi connectivity index (χ2n) is 8.00. The van der Waals surface area contributed by atoms with Crippen molar-refractivity contribution < 1.29 is 9.53 Å². The number of benzene rings is 4. The van der Waals surface area contributed by atoms with E-state index in [1.807, 2.05) is 43.3 Å². The first-order valence-electron chi connectivity index (χ1n) is 11.0. The number of aryl methyl sites for hydroxylation is 1. The van der Waals surface area contributed by atoms with E-state index >= 15 is 0 Å². The molecule has 0 fully saturated rings. The van der Waals surface area contributed by atoms with Crippen LogP contribution in [0.25, 0.3) is 32.9 Å². The number of nitrogens with zero attached hydrogens (tertiary/aromatic N) is 1. The van der Waals surface area contributed by atoms with Crippen LogP contribution in [0.15, 0.2) is 91.0 Å². The van der Waals surface area contributed by atoms with Gasteiger partial charge in [-0.05, 0) is 42.2 Å². The molecule has 5 aromatic rings. The summed E-state index contributed by atoms with van der Waals surface area (Å²) in [6.45, 7) is 2.19. The molecule has 0 N–H and O–H groups in total. The number of carbonyl (C=O) groups is 1. The molecule has 0 bridgehead atoms. The first-order valence-corrected chi connectivity index (χ1v) is 11.0. The van der Waals surface area contributed by atoms with Crippen LogP contribution in [0.5, 0.6) is 0 Å². The Labute approximate surface area is 187 Å². The van der Waals surface area contributed by atoms with Gasteiger partial charge in [-0.2, -0.15) is 0 Å². The van der Waals surface area contributed by atoms with Gasteiger partial charge in [-0.25, -0.2) is 4.79 Å². The van der Waals surface area contributed by atoms with E-state index in [2.05, 4.69) is 66.2 Å². The molecular weight excluding hydrogens is 394 g/mol. The maximum atomic E-state index is 13.5. The Hall–Kier alpha value is -3.85. The topological polar surface area (TPSA) is 31.2 Å². The van der Waals surface area contributed by atoms with Crippen molar-refractivity contribution >= 4 is 27.8 Å². The summed E-state index contributed by atoms with van der Waals surface area (Å²) in [6, 6.07) is 31.1. The molecule has 0 unspecified atom stereocenters. The van der Waals surface area contributed by atoms with Gasteiger partial charge in [0.2, 0.25) is 0 Å². The van der Waals surface area contributed by atoms with Crippen molar-refractivity contribution in [2.45, 2.75) is 13.3 Å². The first kappa shape index (κ1) is 20.1. The predicted molar refractivity (Wildman–Crippen MR) is 131 cm³/mol. The van der Waals surface area contributed by atoms with E-state index in [0.29, 0.717) is 12.2 Å². The molecule has 0 aliphatic rings. The van der Waals surface area contributed by atoms with E-state index in [-0.39, 0.29) is 5.97 Å². The molecule has 1 aromatic heterocycles. The molecule has 1 heterocycles. The fourth-order valence-electron chi connectivity index (χ4n) is 4.66. The van der Waals surface area contributed by atoms with Crippen LogP contribution in [0.2, 0.25) is 0 Å². The molecule has 3 nitrogen and oxygen atoms in total. The maximum Gasteiger partial charge on any atom is 0.339 e. The number of ether oxygens (including phenoxy) is 1. The summed E-state index contributed by atoms with van der Waals surface area (Å²) < 4.78 is 7.79. The predicted octanol–water partition coefficient (Wildman–Crippen LogP) is 6.77. The van der Waals surface area contributed by atoms with E-state index in [4.69, 9.17) is 4.74 Å². The lowest BCUT2D eigenvalue weighted by Gasteiger charge is -2.17. The fraction of sp³-hybridized carbons (Fsp3) is 0.138. The molecule has 0 atom stereocenters. The highest BCUT2D eigenvalue weighted by atomic mass is 16.5. The third kappa shape index (κ3) is 3.36. The first-order chi connectivity index (χ1) is 15.7. The van der Waals surface area contributed by atoms with Crippen molar-refractivity contribution in [1.82, 2.24) is 4.57 Å². The van der Waals surface area contributed by atoms with Crippen LogP contribution >= 0.6 is 0 Å². The number of aromatic nitrogens is 1. The Morgan fingerprint density at radius 3 is 2.22 bits per heavy atom. The molecular formula is C29H25NO2. The molecule has 0 saturated heterocycles. The van der Waals surface area contributed by atoms with Gasteiger partial charge in [0.25, 0.3) is 0 Å². The molecule has 3 heteroatoms. The van der Waals surface area contributed by atoms with E-state index in [0.717, 1.165) is 44.9 Å². The van der Waals surface area contributed by atoms with Gasteiger partial charge in [-0.15, -0.1) is 0 Å². The summed E-state index contributed by atoms with van der Waals surface area (Å²) in [5.74, 6) is -0.275. The van der Waals surface area contributed by atoms with E-state index in [1.54, 1.807) is 0 Å². The van der Waals surface area contributed by atoms with Gasteiger partial charge in [-0.1, -0.05) is 78.9 Å². The Bertz CT molecular complexity index is 1420. The summed E-state index contributed by atoms with van der Waals surface area (Å²) in [4.78, 5) is 13.5. The van der Waals surface area contributed by atoms with Gasteiger partial charge in [0.1, 0.15) is 0 Å². The van der Waals surface area contributed by atoms with E-state index in [9.17, 15) is 4.79 Å². The average molecular weight is 420 g/mol. The number of hydrogen-bond acceptors (Lipinski definition) is 2. The van der Waals surface area contributed by atoms with Crippen molar-refractivity contribution in [3.8, 4) is 11.1 Å². The normalized spacial score (nSPS) is 11.2. The summed E-state index contributed by atoms with van der Waals surface area (Å²) >= 11 is 0. The Morgan fingerprint density at radius 2 is 1.50 bits per heavy atom. The van der Waals surface area contributed by atoms with Crippen molar-refractivity contribution in [2.75, 3.05) is 6.61 Å². The third-order valence-electron chi connectivity index (χ3n) is 6.06. The molecule has 0 amide bonds. The highest BCUT2D eigenvalue weighted by Crippen LogP contribution is 2.40. The Morgan fingerprint density at radius 1 is 0.844 bits per heavy atom.